The molecule has 0 saturated heterocycles. The van der Waals surface area contributed by atoms with Gasteiger partial charge in [-0.15, -0.1) is 0 Å². The van der Waals surface area contributed by atoms with Crippen molar-refractivity contribution in [2.45, 2.75) is 25.4 Å². The molecule has 0 amide bonds. The zero-order chi connectivity index (χ0) is 22.9. The van der Waals surface area contributed by atoms with E-state index in [1.54, 1.807) is 6.08 Å². The summed E-state index contributed by atoms with van der Waals surface area (Å²) in [6, 6.07) is 15.4. The van der Waals surface area contributed by atoms with E-state index in [0.29, 0.717) is 18.6 Å². The molecule has 4 rings (SSSR count). The molecule has 1 atom stereocenters. The summed E-state index contributed by atoms with van der Waals surface area (Å²) in [5.74, 6) is -1.32. The smallest absolute Gasteiger partial charge is 0.174 e. The number of nitriles is 1. The van der Waals surface area contributed by atoms with Gasteiger partial charge < -0.3 is 9.47 Å². The summed E-state index contributed by atoms with van der Waals surface area (Å²) in [4.78, 5) is 0. The maximum absolute atomic E-state index is 15.6. The lowest BCUT2D eigenvalue weighted by Gasteiger charge is -2.25. The highest BCUT2D eigenvalue weighted by atomic mass is 35.5. The predicted octanol–water partition coefficient (Wildman–Crippen LogP) is 6.96. The molecule has 3 nitrogen and oxygen atoms in total. The van der Waals surface area contributed by atoms with Crippen LogP contribution in [0.5, 0.6) is 11.5 Å². The van der Waals surface area contributed by atoms with Gasteiger partial charge in [-0.05, 0) is 30.2 Å². The standard InChI is InChI=1S/C26H20ClF2NO2/c1-3-12-31-20-11-10-16(15-30)22(25(20)29)23-18-14-26(4-2,17-8-6-5-7-9-17)32-21(18)13-19(28)24(23)27/h4-11,13H,2-3,12,14H2,1H3/t26-/m0/s1. The quantitative estimate of drug-likeness (QED) is 0.380. The van der Waals surface area contributed by atoms with Crippen LogP contribution in [0.3, 0.4) is 0 Å². The second kappa shape index (κ2) is 8.64. The highest BCUT2D eigenvalue weighted by molar-refractivity contribution is 6.34. The fourth-order valence-electron chi connectivity index (χ4n) is 3.99. The van der Waals surface area contributed by atoms with Crippen molar-refractivity contribution in [3.05, 3.63) is 94.5 Å². The predicted molar refractivity (Wildman–Crippen MR) is 120 cm³/mol. The second-order valence-electron chi connectivity index (χ2n) is 7.52. The van der Waals surface area contributed by atoms with Crippen LogP contribution < -0.4 is 9.47 Å². The first-order valence-corrected chi connectivity index (χ1v) is 10.6. The number of hydrogen-bond acceptors (Lipinski definition) is 3. The maximum Gasteiger partial charge on any atom is 0.174 e. The highest BCUT2D eigenvalue weighted by Gasteiger charge is 2.42. The van der Waals surface area contributed by atoms with Gasteiger partial charge in [-0.3, -0.25) is 0 Å². The molecule has 0 saturated carbocycles. The van der Waals surface area contributed by atoms with Gasteiger partial charge in [0.25, 0.3) is 0 Å². The average molecular weight is 452 g/mol. The summed E-state index contributed by atoms with van der Waals surface area (Å²) in [6.07, 6.45) is 2.56. The zero-order valence-electron chi connectivity index (χ0n) is 17.4. The Bertz CT molecular complexity index is 1240. The van der Waals surface area contributed by atoms with E-state index in [9.17, 15) is 9.65 Å². The Hall–Kier alpha value is -3.36. The summed E-state index contributed by atoms with van der Waals surface area (Å²) in [6.45, 7) is 6.12. The molecule has 0 aliphatic carbocycles. The first-order chi connectivity index (χ1) is 15.5. The number of ether oxygens (including phenoxy) is 2. The average Bonchev–Trinajstić information content (AvgIpc) is 3.19. The Kier molecular flexibility index (Phi) is 5.90. The van der Waals surface area contributed by atoms with Crippen LogP contribution in [0.2, 0.25) is 5.02 Å². The first kappa shape index (κ1) is 21.9. The molecule has 0 spiro atoms. The molecule has 162 valence electrons. The molecule has 0 fully saturated rings. The molecule has 0 unspecified atom stereocenters. The van der Waals surface area contributed by atoms with Gasteiger partial charge >= 0.3 is 0 Å². The lowest BCUT2D eigenvalue weighted by atomic mass is 9.85. The summed E-state index contributed by atoms with van der Waals surface area (Å²) >= 11 is 6.38. The number of benzene rings is 3. The largest absolute Gasteiger partial charge is 0.491 e. The van der Waals surface area contributed by atoms with Gasteiger partial charge in [-0.1, -0.05) is 55.4 Å². The van der Waals surface area contributed by atoms with Crippen LogP contribution in [0, 0.1) is 23.0 Å². The molecule has 3 aromatic rings. The molecule has 32 heavy (non-hydrogen) atoms. The van der Waals surface area contributed by atoms with E-state index in [4.69, 9.17) is 21.1 Å². The number of halogens is 3. The number of hydrogen-bond donors (Lipinski definition) is 0. The molecular formula is C26H20ClF2NO2. The number of nitrogens with zero attached hydrogens (tertiary/aromatic N) is 1. The Morgan fingerprint density at radius 2 is 1.97 bits per heavy atom. The maximum atomic E-state index is 15.6. The van der Waals surface area contributed by atoms with Crippen LogP contribution in [0.15, 0.2) is 61.2 Å². The molecular weight excluding hydrogens is 432 g/mol. The molecule has 1 aliphatic rings. The molecule has 0 N–H and O–H groups in total. The van der Waals surface area contributed by atoms with E-state index in [0.717, 1.165) is 5.56 Å². The van der Waals surface area contributed by atoms with Gasteiger partial charge in [0.2, 0.25) is 0 Å². The third kappa shape index (κ3) is 3.51. The Morgan fingerprint density at radius 3 is 2.62 bits per heavy atom. The van der Waals surface area contributed by atoms with Crippen molar-refractivity contribution in [2.24, 2.45) is 0 Å². The van der Waals surface area contributed by atoms with Crippen LogP contribution >= 0.6 is 11.6 Å². The van der Waals surface area contributed by atoms with Crippen molar-refractivity contribution in [1.29, 1.82) is 5.26 Å². The second-order valence-corrected chi connectivity index (χ2v) is 7.90. The van der Waals surface area contributed by atoms with Gasteiger partial charge in [0.05, 0.1) is 23.3 Å². The van der Waals surface area contributed by atoms with Crippen molar-refractivity contribution in [3.63, 3.8) is 0 Å². The topological polar surface area (TPSA) is 42.2 Å². The van der Waals surface area contributed by atoms with Gasteiger partial charge in [-0.25, -0.2) is 8.78 Å². The molecule has 1 aliphatic heterocycles. The van der Waals surface area contributed by atoms with Crippen molar-refractivity contribution in [1.82, 2.24) is 0 Å². The SMILES string of the molecule is C=C[C@@]1(c2ccccc2)Cc2c(cc(F)c(Cl)c2-c2c(C#N)ccc(OCCC)c2F)O1. The van der Waals surface area contributed by atoms with Gasteiger partial charge in [-0.2, -0.15) is 5.26 Å². The number of rotatable bonds is 6. The molecule has 0 bridgehead atoms. The third-order valence-electron chi connectivity index (χ3n) is 5.55. The summed E-state index contributed by atoms with van der Waals surface area (Å²) in [5.41, 5.74) is 0.361. The fourth-order valence-corrected chi connectivity index (χ4v) is 4.26. The van der Waals surface area contributed by atoms with Crippen LogP contribution in [-0.4, -0.2) is 6.61 Å². The van der Waals surface area contributed by atoms with Gasteiger partial charge in [0, 0.05) is 29.2 Å². The molecule has 0 aromatic heterocycles. The molecule has 0 radical (unpaired) electrons. The third-order valence-corrected chi connectivity index (χ3v) is 5.92. The number of fused-ring (bicyclic) bond motifs is 1. The van der Waals surface area contributed by atoms with Crippen molar-refractivity contribution in [3.8, 4) is 28.7 Å². The van der Waals surface area contributed by atoms with Crippen molar-refractivity contribution >= 4 is 11.6 Å². The lowest BCUT2D eigenvalue weighted by molar-refractivity contribution is 0.149. The van der Waals surface area contributed by atoms with Crippen LogP contribution in [-0.2, 0) is 12.0 Å². The summed E-state index contributed by atoms with van der Waals surface area (Å²) in [5, 5.41) is 9.39. The highest BCUT2D eigenvalue weighted by Crippen LogP contribution is 2.50. The van der Waals surface area contributed by atoms with E-state index in [2.05, 4.69) is 6.58 Å². The van der Waals surface area contributed by atoms with E-state index in [1.165, 1.54) is 18.2 Å². The molecule has 6 heteroatoms. The van der Waals surface area contributed by atoms with E-state index in [1.807, 2.05) is 43.3 Å². The lowest BCUT2D eigenvalue weighted by Crippen LogP contribution is -2.28. The monoisotopic (exact) mass is 451 g/mol. The minimum atomic E-state index is -0.977. The minimum Gasteiger partial charge on any atom is -0.491 e. The Balaban J connectivity index is 1.96. The zero-order valence-corrected chi connectivity index (χ0v) is 18.2. The first-order valence-electron chi connectivity index (χ1n) is 10.2. The van der Waals surface area contributed by atoms with E-state index < -0.39 is 17.2 Å². The normalized spacial score (nSPS) is 16.7. The fraction of sp³-hybridized carbons (Fsp3) is 0.192. The Labute approximate surface area is 190 Å². The molecule has 1 heterocycles. The van der Waals surface area contributed by atoms with Crippen molar-refractivity contribution < 1.29 is 18.3 Å². The Morgan fingerprint density at radius 1 is 1.22 bits per heavy atom. The molecule has 3 aromatic carbocycles. The van der Waals surface area contributed by atoms with Crippen LogP contribution in [0.1, 0.15) is 30.0 Å². The van der Waals surface area contributed by atoms with Crippen molar-refractivity contribution in [2.75, 3.05) is 6.61 Å². The van der Waals surface area contributed by atoms with E-state index >= 15 is 4.39 Å². The van der Waals surface area contributed by atoms with Crippen LogP contribution in [0.25, 0.3) is 11.1 Å². The van der Waals surface area contributed by atoms with Crippen LogP contribution in [0.4, 0.5) is 8.78 Å². The summed E-state index contributed by atoms with van der Waals surface area (Å²) < 4.78 is 42.1. The summed E-state index contributed by atoms with van der Waals surface area (Å²) in [7, 11) is 0. The van der Waals surface area contributed by atoms with Gasteiger partial charge in [0.15, 0.2) is 17.2 Å². The van der Waals surface area contributed by atoms with E-state index in [-0.39, 0.29) is 39.6 Å². The van der Waals surface area contributed by atoms with Gasteiger partial charge in [0.1, 0.15) is 11.6 Å². The minimum absolute atomic E-state index is 0.0214.